The van der Waals surface area contributed by atoms with E-state index in [1.165, 1.54) is 5.56 Å². The van der Waals surface area contributed by atoms with Crippen LogP contribution in [0.4, 0.5) is 5.82 Å². The van der Waals surface area contributed by atoms with Gasteiger partial charge in [0.1, 0.15) is 11.6 Å². The zero-order chi connectivity index (χ0) is 16.2. The molecule has 1 aliphatic heterocycles. The van der Waals surface area contributed by atoms with Crippen molar-refractivity contribution in [2.45, 2.75) is 25.3 Å². The predicted octanol–water partition coefficient (Wildman–Crippen LogP) is 2.50. The molecule has 6 nitrogen and oxygen atoms in total. The average molecular weight is 320 g/mol. The summed E-state index contributed by atoms with van der Waals surface area (Å²) in [4.78, 5) is 11.5. The highest BCUT2D eigenvalue weighted by molar-refractivity contribution is 5.38. The summed E-state index contributed by atoms with van der Waals surface area (Å²) < 4.78 is 1.97. The number of hydrogen-bond donors (Lipinski definition) is 0. The summed E-state index contributed by atoms with van der Waals surface area (Å²) in [5, 5.41) is 8.03. The highest BCUT2D eigenvalue weighted by Crippen LogP contribution is 2.24. The van der Waals surface area contributed by atoms with E-state index in [1.807, 2.05) is 41.3 Å². The Kier molecular flexibility index (Phi) is 4.18. The van der Waals surface area contributed by atoms with Gasteiger partial charge in [-0.05, 0) is 24.5 Å². The molecule has 1 aromatic carbocycles. The van der Waals surface area contributed by atoms with E-state index in [1.54, 1.807) is 6.20 Å². The summed E-state index contributed by atoms with van der Waals surface area (Å²) in [5.41, 5.74) is 1.24. The van der Waals surface area contributed by atoms with Crippen LogP contribution in [0.5, 0.6) is 0 Å². The van der Waals surface area contributed by atoms with Crippen LogP contribution in [-0.2, 0) is 6.42 Å². The van der Waals surface area contributed by atoms with Gasteiger partial charge in [-0.3, -0.25) is 0 Å². The minimum atomic E-state index is 0.439. The van der Waals surface area contributed by atoms with E-state index >= 15 is 0 Å². The van der Waals surface area contributed by atoms with Crippen LogP contribution in [-0.4, -0.2) is 38.1 Å². The first kappa shape index (κ1) is 14.8. The first-order chi connectivity index (χ1) is 11.9. The first-order valence-electron chi connectivity index (χ1n) is 8.35. The van der Waals surface area contributed by atoms with E-state index in [0.717, 1.165) is 44.0 Å². The molecule has 1 fully saturated rings. The van der Waals surface area contributed by atoms with Crippen molar-refractivity contribution in [2.24, 2.45) is 0 Å². The first-order valence-corrected chi connectivity index (χ1v) is 8.35. The lowest BCUT2D eigenvalue weighted by molar-refractivity contribution is 0.359. The second-order valence-corrected chi connectivity index (χ2v) is 6.09. The molecule has 0 spiro atoms. The number of benzene rings is 1. The third-order valence-corrected chi connectivity index (χ3v) is 4.50. The maximum absolute atomic E-state index is 4.76. The number of hydrogen-bond acceptors (Lipinski definition) is 5. The Hall–Kier alpha value is -2.76. The Morgan fingerprint density at radius 2 is 1.83 bits per heavy atom. The van der Waals surface area contributed by atoms with Gasteiger partial charge in [0, 0.05) is 31.9 Å². The number of rotatable bonds is 4. The molecule has 3 aromatic rings. The van der Waals surface area contributed by atoms with Gasteiger partial charge < -0.3 is 4.90 Å². The fraction of sp³-hybridized carbons (Fsp3) is 0.333. The van der Waals surface area contributed by atoms with Crippen molar-refractivity contribution in [1.29, 1.82) is 0 Å². The Balaban J connectivity index is 1.43. The molecule has 0 amide bonds. The van der Waals surface area contributed by atoms with Crippen LogP contribution >= 0.6 is 0 Å². The van der Waals surface area contributed by atoms with Crippen molar-refractivity contribution in [3.05, 3.63) is 66.4 Å². The van der Waals surface area contributed by atoms with Crippen molar-refractivity contribution >= 4 is 5.82 Å². The molecule has 1 saturated heterocycles. The van der Waals surface area contributed by atoms with Gasteiger partial charge in [-0.25, -0.2) is 14.6 Å². The fourth-order valence-electron chi connectivity index (χ4n) is 3.20. The van der Waals surface area contributed by atoms with Crippen molar-refractivity contribution in [1.82, 2.24) is 25.0 Å². The van der Waals surface area contributed by atoms with Crippen LogP contribution < -0.4 is 4.90 Å². The van der Waals surface area contributed by atoms with E-state index in [2.05, 4.69) is 32.3 Å². The highest BCUT2D eigenvalue weighted by atomic mass is 15.4. The number of aromatic nitrogens is 5. The molecule has 3 heterocycles. The summed E-state index contributed by atoms with van der Waals surface area (Å²) in [7, 11) is 0. The van der Waals surface area contributed by atoms with Gasteiger partial charge in [-0.1, -0.05) is 35.5 Å². The van der Waals surface area contributed by atoms with Gasteiger partial charge >= 0.3 is 0 Å². The molecule has 2 aromatic heterocycles. The number of nitrogens with zero attached hydrogens (tertiary/aromatic N) is 6. The summed E-state index contributed by atoms with van der Waals surface area (Å²) >= 11 is 0. The van der Waals surface area contributed by atoms with Gasteiger partial charge in [0.2, 0.25) is 0 Å². The smallest absolute Gasteiger partial charge is 0.135 e. The molecule has 1 aliphatic rings. The van der Waals surface area contributed by atoms with Gasteiger partial charge in [-0.15, -0.1) is 5.10 Å². The molecule has 0 N–H and O–H groups in total. The molecule has 0 aliphatic carbocycles. The fourth-order valence-corrected chi connectivity index (χ4v) is 3.20. The average Bonchev–Trinajstić information content (AvgIpc) is 3.18. The lowest BCUT2D eigenvalue weighted by atomic mass is 10.1. The van der Waals surface area contributed by atoms with Crippen LogP contribution in [0.1, 0.15) is 30.3 Å². The second kappa shape index (κ2) is 6.78. The monoisotopic (exact) mass is 320 g/mol. The molecule has 0 unspecified atom stereocenters. The SMILES string of the molecule is c1ccc(Cc2nccc(N3CCC(n4ccnn4)CC3)n2)cc1. The summed E-state index contributed by atoms with van der Waals surface area (Å²) in [5.74, 6) is 1.89. The summed E-state index contributed by atoms with van der Waals surface area (Å²) in [6.45, 7) is 1.96. The molecule has 122 valence electrons. The van der Waals surface area contributed by atoms with Crippen LogP contribution in [0.25, 0.3) is 0 Å². The molecule has 0 bridgehead atoms. The molecule has 0 radical (unpaired) electrons. The lowest BCUT2D eigenvalue weighted by Gasteiger charge is -2.32. The van der Waals surface area contributed by atoms with Crippen LogP contribution in [0, 0.1) is 0 Å². The molecular weight excluding hydrogens is 300 g/mol. The minimum Gasteiger partial charge on any atom is -0.356 e. The molecule has 24 heavy (non-hydrogen) atoms. The Morgan fingerprint density at radius 3 is 2.58 bits per heavy atom. The van der Waals surface area contributed by atoms with Gasteiger partial charge in [0.05, 0.1) is 12.2 Å². The summed E-state index contributed by atoms with van der Waals surface area (Å²) in [6, 6.07) is 12.8. The highest BCUT2D eigenvalue weighted by Gasteiger charge is 2.22. The summed E-state index contributed by atoms with van der Waals surface area (Å²) in [6.07, 6.45) is 8.44. The molecule has 4 rings (SSSR count). The van der Waals surface area contributed by atoms with E-state index in [-0.39, 0.29) is 0 Å². The van der Waals surface area contributed by atoms with E-state index in [0.29, 0.717) is 6.04 Å². The maximum Gasteiger partial charge on any atom is 0.135 e. The Labute approximate surface area is 141 Å². The van der Waals surface area contributed by atoms with Crippen molar-refractivity contribution < 1.29 is 0 Å². The molecule has 0 atom stereocenters. The molecule has 0 saturated carbocycles. The second-order valence-electron chi connectivity index (χ2n) is 6.09. The molecular formula is C18H20N6. The van der Waals surface area contributed by atoms with Crippen LogP contribution in [0.2, 0.25) is 0 Å². The predicted molar refractivity (Wildman–Crippen MR) is 91.8 cm³/mol. The molecule has 6 heteroatoms. The zero-order valence-electron chi connectivity index (χ0n) is 13.5. The lowest BCUT2D eigenvalue weighted by Crippen LogP contribution is -2.35. The topological polar surface area (TPSA) is 59.7 Å². The maximum atomic E-state index is 4.76. The van der Waals surface area contributed by atoms with Gasteiger partial charge in [-0.2, -0.15) is 0 Å². The van der Waals surface area contributed by atoms with Gasteiger partial charge in [0.15, 0.2) is 0 Å². The quantitative estimate of drug-likeness (QED) is 0.739. The van der Waals surface area contributed by atoms with E-state index in [4.69, 9.17) is 4.98 Å². The van der Waals surface area contributed by atoms with Crippen LogP contribution in [0.15, 0.2) is 55.0 Å². The Bertz CT molecular complexity index is 763. The van der Waals surface area contributed by atoms with E-state index in [9.17, 15) is 0 Å². The third kappa shape index (κ3) is 3.27. The minimum absolute atomic E-state index is 0.439. The number of anilines is 1. The van der Waals surface area contributed by atoms with Gasteiger partial charge in [0.25, 0.3) is 0 Å². The van der Waals surface area contributed by atoms with Crippen molar-refractivity contribution in [3.63, 3.8) is 0 Å². The third-order valence-electron chi connectivity index (χ3n) is 4.50. The van der Waals surface area contributed by atoms with Crippen molar-refractivity contribution in [2.75, 3.05) is 18.0 Å². The Morgan fingerprint density at radius 1 is 1.00 bits per heavy atom. The van der Waals surface area contributed by atoms with Crippen molar-refractivity contribution in [3.8, 4) is 0 Å². The number of piperidine rings is 1. The standard InChI is InChI=1S/C18H20N6/c1-2-4-15(5-3-1)14-17-19-9-6-18(21-17)23-11-7-16(8-12-23)24-13-10-20-22-24/h1-6,9-10,13,16H,7-8,11-12,14H2. The zero-order valence-corrected chi connectivity index (χ0v) is 13.5. The normalized spacial score (nSPS) is 15.6. The van der Waals surface area contributed by atoms with Crippen LogP contribution in [0.3, 0.4) is 0 Å². The largest absolute Gasteiger partial charge is 0.356 e. The van der Waals surface area contributed by atoms with E-state index < -0.39 is 0 Å².